The Morgan fingerprint density at radius 1 is 1.50 bits per heavy atom. The molecule has 1 aromatic carbocycles. The highest BCUT2D eigenvalue weighted by Crippen LogP contribution is 2.40. The molecule has 1 unspecified atom stereocenters. The molecule has 1 aromatic rings. The summed E-state index contributed by atoms with van der Waals surface area (Å²) in [7, 11) is -3.80. The number of sulfone groups is 1. The van der Waals surface area contributed by atoms with Crippen LogP contribution < -0.4 is 5.73 Å². The monoisotopic (exact) mass is 355 g/mol. The first-order valence-corrected chi connectivity index (χ1v) is 8.75. The van der Waals surface area contributed by atoms with Crippen LogP contribution in [0.1, 0.15) is 25.8 Å². The van der Waals surface area contributed by atoms with Gasteiger partial charge in [0, 0.05) is 17.7 Å². The Morgan fingerprint density at radius 2 is 2.12 bits per heavy atom. The first-order valence-electron chi connectivity index (χ1n) is 7.10. The molecule has 7 nitrogen and oxygen atoms in total. The third-order valence-corrected chi connectivity index (χ3v) is 7.03. The zero-order chi connectivity index (χ0) is 18.3. The molecule has 0 saturated heterocycles. The molecule has 0 spiro atoms. The molecule has 0 aliphatic carbocycles. The van der Waals surface area contributed by atoms with E-state index in [2.05, 4.69) is 11.6 Å². The molecule has 0 radical (unpaired) electrons. The molecule has 1 aliphatic heterocycles. The molecule has 1 heterocycles. The topological polar surface area (TPSA) is 116 Å². The molecule has 24 heavy (non-hydrogen) atoms. The van der Waals surface area contributed by atoms with Crippen molar-refractivity contribution in [1.82, 2.24) is 0 Å². The van der Waals surface area contributed by atoms with Crippen LogP contribution in [0.2, 0.25) is 0 Å². The van der Waals surface area contributed by atoms with E-state index in [-0.39, 0.29) is 23.5 Å². The van der Waals surface area contributed by atoms with E-state index in [1.54, 1.807) is 0 Å². The highest BCUT2D eigenvalue weighted by atomic mass is 32.2. The Bertz CT molecular complexity index is 852. The summed E-state index contributed by atoms with van der Waals surface area (Å²) < 4.78 is 38.3. The Morgan fingerprint density at radius 3 is 2.62 bits per heavy atom. The first kappa shape index (κ1) is 18.1. The lowest BCUT2D eigenvalue weighted by Gasteiger charge is -2.39. The number of nitrogens with zero attached hydrogens (tertiary/aromatic N) is 2. The van der Waals surface area contributed by atoms with Gasteiger partial charge in [-0.1, -0.05) is 6.08 Å². The molecular formula is C15H18FN3O4S. The largest absolute Gasteiger partial charge is 0.386 e. The second-order valence-corrected chi connectivity index (χ2v) is 8.59. The van der Waals surface area contributed by atoms with Gasteiger partial charge in [0.05, 0.1) is 10.7 Å². The summed E-state index contributed by atoms with van der Waals surface area (Å²) in [5.41, 5.74) is 3.83. The molecule has 1 aliphatic rings. The number of nitro groups is 1. The van der Waals surface area contributed by atoms with E-state index < -0.39 is 36.6 Å². The van der Waals surface area contributed by atoms with Crippen molar-refractivity contribution in [3.05, 3.63) is 52.3 Å². The van der Waals surface area contributed by atoms with E-state index in [0.29, 0.717) is 0 Å². The minimum absolute atomic E-state index is 0.0676. The summed E-state index contributed by atoms with van der Waals surface area (Å²) in [6.45, 7) is 6.36. The Labute approximate surface area is 139 Å². The summed E-state index contributed by atoms with van der Waals surface area (Å²) in [5, 5.41) is 10.9. The minimum Gasteiger partial charge on any atom is -0.386 e. The van der Waals surface area contributed by atoms with Crippen molar-refractivity contribution in [1.29, 1.82) is 0 Å². The predicted octanol–water partition coefficient (Wildman–Crippen LogP) is 2.07. The summed E-state index contributed by atoms with van der Waals surface area (Å²) in [5.74, 6) is -1.45. The Balaban J connectivity index is 2.69. The lowest BCUT2D eigenvalue weighted by molar-refractivity contribution is -0.385. The number of benzene rings is 1. The molecule has 130 valence electrons. The maximum atomic E-state index is 14.2. The molecule has 2 rings (SSSR count). The van der Waals surface area contributed by atoms with Crippen LogP contribution in [0.25, 0.3) is 0 Å². The average molecular weight is 355 g/mol. The van der Waals surface area contributed by atoms with E-state index in [1.807, 2.05) is 0 Å². The second kappa shape index (κ2) is 5.66. The zero-order valence-corrected chi connectivity index (χ0v) is 14.1. The van der Waals surface area contributed by atoms with Gasteiger partial charge in [-0.2, -0.15) is 0 Å². The maximum Gasteiger partial charge on any atom is 0.270 e. The summed E-state index contributed by atoms with van der Waals surface area (Å²) >= 11 is 0. The SMILES string of the molecule is C=CCC1(C)C(N)=N[C@](C)(c2cc([N+](=O)[O-])ccc2F)CS1(=O)=O. The van der Waals surface area contributed by atoms with Crippen molar-refractivity contribution in [2.45, 2.75) is 30.6 Å². The highest BCUT2D eigenvalue weighted by Gasteiger charge is 2.51. The molecule has 0 bridgehead atoms. The molecule has 9 heteroatoms. The van der Waals surface area contributed by atoms with E-state index in [4.69, 9.17) is 5.73 Å². The van der Waals surface area contributed by atoms with Crippen molar-refractivity contribution in [2.24, 2.45) is 10.7 Å². The van der Waals surface area contributed by atoms with Crippen LogP contribution in [0.4, 0.5) is 10.1 Å². The second-order valence-electron chi connectivity index (χ2n) is 6.17. The maximum absolute atomic E-state index is 14.2. The van der Waals surface area contributed by atoms with Gasteiger partial charge in [-0.3, -0.25) is 15.1 Å². The fraction of sp³-hybridized carbons (Fsp3) is 0.400. The van der Waals surface area contributed by atoms with Crippen molar-refractivity contribution >= 4 is 21.4 Å². The summed E-state index contributed by atoms with van der Waals surface area (Å²) in [6, 6.07) is 2.93. The number of hydrogen-bond acceptors (Lipinski definition) is 6. The van der Waals surface area contributed by atoms with Gasteiger partial charge in [-0.05, 0) is 26.3 Å². The Kier molecular flexibility index (Phi) is 4.26. The third kappa shape index (κ3) is 2.68. The Hall–Kier alpha value is -2.29. The van der Waals surface area contributed by atoms with Gasteiger partial charge in [0.1, 0.15) is 21.9 Å². The number of allylic oxidation sites excluding steroid dienone is 1. The molecule has 0 saturated carbocycles. The number of aliphatic imine (C=N–C) groups is 1. The first-order chi connectivity index (χ1) is 11.0. The molecule has 2 N–H and O–H groups in total. The number of halogens is 1. The highest BCUT2D eigenvalue weighted by molar-refractivity contribution is 7.93. The number of hydrogen-bond donors (Lipinski definition) is 1. The number of nitrogens with two attached hydrogens (primary N) is 1. The lowest BCUT2D eigenvalue weighted by Crippen LogP contribution is -2.56. The van der Waals surface area contributed by atoms with E-state index >= 15 is 0 Å². The molecule has 0 fully saturated rings. The van der Waals surface area contributed by atoms with Crippen LogP contribution in [0.5, 0.6) is 0 Å². The fourth-order valence-electron chi connectivity index (χ4n) is 2.79. The molecule has 0 amide bonds. The van der Waals surface area contributed by atoms with Crippen molar-refractivity contribution in [3.63, 3.8) is 0 Å². The minimum atomic E-state index is -3.80. The van der Waals surface area contributed by atoms with Crippen LogP contribution in [0.15, 0.2) is 35.8 Å². The van der Waals surface area contributed by atoms with Crippen molar-refractivity contribution < 1.29 is 17.7 Å². The normalized spacial score (nSPS) is 28.9. The van der Waals surface area contributed by atoms with Gasteiger partial charge in [0.25, 0.3) is 5.69 Å². The van der Waals surface area contributed by atoms with Crippen LogP contribution in [-0.4, -0.2) is 29.7 Å². The van der Waals surface area contributed by atoms with Gasteiger partial charge >= 0.3 is 0 Å². The quantitative estimate of drug-likeness (QED) is 0.504. The molecular weight excluding hydrogens is 337 g/mol. The molecule has 2 atom stereocenters. The number of amidine groups is 1. The zero-order valence-electron chi connectivity index (χ0n) is 13.3. The number of nitro benzene ring substituents is 1. The van der Waals surface area contributed by atoms with Crippen molar-refractivity contribution in [3.8, 4) is 0 Å². The van der Waals surface area contributed by atoms with E-state index in [1.165, 1.54) is 19.9 Å². The van der Waals surface area contributed by atoms with Gasteiger partial charge in [0.2, 0.25) is 0 Å². The van der Waals surface area contributed by atoms with Gasteiger partial charge in [-0.25, -0.2) is 12.8 Å². The van der Waals surface area contributed by atoms with Gasteiger partial charge < -0.3 is 5.73 Å². The van der Waals surface area contributed by atoms with Crippen LogP contribution >= 0.6 is 0 Å². The predicted molar refractivity (Wildman–Crippen MR) is 89.0 cm³/mol. The van der Waals surface area contributed by atoms with Crippen molar-refractivity contribution in [2.75, 3.05) is 5.75 Å². The molecule has 0 aromatic heterocycles. The summed E-state index contributed by atoms with van der Waals surface area (Å²) in [4.78, 5) is 14.5. The average Bonchev–Trinajstić information content (AvgIpc) is 2.45. The fourth-order valence-corrected chi connectivity index (χ4v) is 4.80. The van der Waals surface area contributed by atoms with Crippen LogP contribution in [0.3, 0.4) is 0 Å². The standard InChI is InChI=1S/C15H18FN3O4S/c1-4-7-15(3)13(17)18-14(2,9-24(15,22)23)11-8-10(19(20)21)5-6-12(11)16/h4-6,8H,1,7,9H2,2-3H3,(H2,17,18)/t14-,15?/m0/s1. The van der Waals surface area contributed by atoms with E-state index in [0.717, 1.165) is 18.2 Å². The van der Waals surface area contributed by atoms with E-state index in [9.17, 15) is 22.9 Å². The van der Waals surface area contributed by atoms with Gasteiger partial charge in [0.15, 0.2) is 9.84 Å². The van der Waals surface area contributed by atoms with Crippen LogP contribution in [0, 0.1) is 15.9 Å². The van der Waals surface area contributed by atoms with Gasteiger partial charge in [-0.15, -0.1) is 6.58 Å². The smallest absolute Gasteiger partial charge is 0.270 e. The third-order valence-electron chi connectivity index (χ3n) is 4.34. The number of non-ortho nitro benzene ring substituents is 1. The van der Waals surface area contributed by atoms with Crippen LogP contribution in [-0.2, 0) is 15.4 Å². The lowest BCUT2D eigenvalue weighted by atomic mass is 9.92. The number of rotatable bonds is 4. The summed E-state index contributed by atoms with van der Waals surface area (Å²) in [6.07, 6.45) is 1.49.